The van der Waals surface area contributed by atoms with Gasteiger partial charge < -0.3 is 5.32 Å². The second-order valence-corrected chi connectivity index (χ2v) is 8.87. The molecule has 0 aliphatic heterocycles. The zero-order chi connectivity index (χ0) is 18.5. The molecule has 4 aromatic rings. The minimum absolute atomic E-state index is 0.0295. The number of carbonyl (C=O) groups excluding carboxylic acids is 1. The van der Waals surface area contributed by atoms with Crippen molar-refractivity contribution in [1.82, 2.24) is 15.3 Å². The Labute approximate surface area is 169 Å². The highest BCUT2D eigenvalue weighted by Gasteiger charge is 2.12. The van der Waals surface area contributed by atoms with Gasteiger partial charge in [-0.25, -0.2) is 9.97 Å². The third kappa shape index (κ3) is 4.55. The van der Waals surface area contributed by atoms with Gasteiger partial charge in [0.25, 0.3) is 0 Å². The average Bonchev–Trinajstić information content (AvgIpc) is 3.37. The molecule has 1 N–H and O–H groups in total. The van der Waals surface area contributed by atoms with Crippen molar-refractivity contribution < 1.29 is 4.79 Å². The molecule has 0 fully saturated rings. The molecule has 0 unspecified atom stereocenters. The van der Waals surface area contributed by atoms with Crippen molar-refractivity contribution in [1.29, 1.82) is 0 Å². The Balaban J connectivity index is 1.40. The number of rotatable bonds is 7. The maximum Gasteiger partial charge on any atom is 0.230 e. The number of thioether (sulfide) groups is 1. The largest absolute Gasteiger partial charge is 0.355 e. The van der Waals surface area contributed by atoms with E-state index in [-0.39, 0.29) is 5.91 Å². The molecule has 1 amide bonds. The molecule has 136 valence electrons. The van der Waals surface area contributed by atoms with Crippen LogP contribution in [0, 0.1) is 0 Å². The minimum atomic E-state index is 0.0295. The molecule has 0 spiro atoms. The first-order valence-corrected chi connectivity index (χ1v) is 11.2. The molecular formula is C20H17N3OS3. The molecule has 3 heterocycles. The van der Waals surface area contributed by atoms with Crippen LogP contribution in [0.4, 0.5) is 0 Å². The van der Waals surface area contributed by atoms with Crippen LogP contribution in [0.3, 0.4) is 0 Å². The summed E-state index contributed by atoms with van der Waals surface area (Å²) in [6.07, 6.45) is 2.45. The fourth-order valence-electron chi connectivity index (χ4n) is 2.66. The van der Waals surface area contributed by atoms with Gasteiger partial charge in [0.2, 0.25) is 5.91 Å². The first-order valence-electron chi connectivity index (χ1n) is 8.51. The van der Waals surface area contributed by atoms with Crippen molar-refractivity contribution in [3.63, 3.8) is 0 Å². The summed E-state index contributed by atoms with van der Waals surface area (Å²) >= 11 is 4.82. The number of hydrogen-bond donors (Lipinski definition) is 1. The predicted octanol–water partition coefficient (Wildman–Crippen LogP) is 4.87. The van der Waals surface area contributed by atoms with Gasteiger partial charge in [-0.1, -0.05) is 48.2 Å². The lowest BCUT2D eigenvalue weighted by Crippen LogP contribution is -2.27. The van der Waals surface area contributed by atoms with E-state index in [0.29, 0.717) is 12.3 Å². The van der Waals surface area contributed by atoms with Crippen LogP contribution < -0.4 is 5.32 Å². The second-order valence-electron chi connectivity index (χ2n) is 5.84. The van der Waals surface area contributed by atoms with E-state index in [0.717, 1.165) is 26.5 Å². The highest BCUT2D eigenvalue weighted by Crippen LogP contribution is 2.35. The number of fused-ring (bicyclic) bond motifs is 1. The standard InChI is InChI=1S/C20H17N3OS3/c24-18(21-9-8-15-7-4-10-25-15)12-26-19-16-11-17(14-5-2-1-3-6-14)27-20(16)23-13-22-19/h1-7,10-11,13H,8-9,12H2,(H,21,24). The molecule has 0 saturated carbocycles. The van der Waals surface area contributed by atoms with E-state index in [2.05, 4.69) is 44.9 Å². The third-order valence-electron chi connectivity index (χ3n) is 3.96. The molecule has 0 bridgehead atoms. The molecule has 3 aromatic heterocycles. The van der Waals surface area contributed by atoms with Gasteiger partial charge in [0.15, 0.2) is 0 Å². The SMILES string of the molecule is O=C(CSc1ncnc2sc(-c3ccccc3)cc12)NCCc1cccs1. The number of aromatic nitrogens is 2. The monoisotopic (exact) mass is 411 g/mol. The Kier molecular flexibility index (Phi) is 5.81. The van der Waals surface area contributed by atoms with Crippen molar-refractivity contribution in [3.05, 3.63) is 65.1 Å². The van der Waals surface area contributed by atoms with Crippen LogP contribution in [0.15, 0.2) is 65.3 Å². The number of thiophene rings is 2. The zero-order valence-electron chi connectivity index (χ0n) is 14.4. The summed E-state index contributed by atoms with van der Waals surface area (Å²) in [5.41, 5.74) is 1.17. The van der Waals surface area contributed by atoms with Crippen molar-refractivity contribution >= 4 is 50.6 Å². The van der Waals surface area contributed by atoms with E-state index in [1.54, 1.807) is 29.0 Å². The van der Waals surface area contributed by atoms with Crippen LogP contribution in [-0.2, 0) is 11.2 Å². The first-order chi connectivity index (χ1) is 13.3. The molecule has 0 radical (unpaired) electrons. The van der Waals surface area contributed by atoms with E-state index in [9.17, 15) is 4.79 Å². The quantitative estimate of drug-likeness (QED) is 0.348. The number of amides is 1. The van der Waals surface area contributed by atoms with Gasteiger partial charge in [-0.05, 0) is 29.5 Å². The van der Waals surface area contributed by atoms with E-state index >= 15 is 0 Å². The molecule has 1 aromatic carbocycles. The molecule has 4 nitrogen and oxygen atoms in total. The van der Waals surface area contributed by atoms with Gasteiger partial charge in [0.1, 0.15) is 16.2 Å². The molecule has 0 aliphatic rings. The van der Waals surface area contributed by atoms with Gasteiger partial charge in [-0.3, -0.25) is 4.79 Å². The number of benzene rings is 1. The van der Waals surface area contributed by atoms with Gasteiger partial charge in [-0.15, -0.1) is 22.7 Å². The Morgan fingerprint density at radius 1 is 1.11 bits per heavy atom. The van der Waals surface area contributed by atoms with E-state index in [1.165, 1.54) is 22.2 Å². The van der Waals surface area contributed by atoms with Gasteiger partial charge in [-0.2, -0.15) is 0 Å². The number of hydrogen-bond acceptors (Lipinski definition) is 6. The fraction of sp³-hybridized carbons (Fsp3) is 0.150. The lowest BCUT2D eigenvalue weighted by atomic mass is 10.2. The van der Waals surface area contributed by atoms with Gasteiger partial charge >= 0.3 is 0 Å². The fourth-order valence-corrected chi connectivity index (χ4v) is 5.24. The summed E-state index contributed by atoms with van der Waals surface area (Å²) in [5.74, 6) is 0.384. The van der Waals surface area contributed by atoms with Crippen molar-refractivity contribution in [2.75, 3.05) is 12.3 Å². The number of nitrogens with zero attached hydrogens (tertiary/aromatic N) is 2. The van der Waals surface area contributed by atoms with Crippen LogP contribution in [0.25, 0.3) is 20.7 Å². The molecule has 0 atom stereocenters. The van der Waals surface area contributed by atoms with Crippen LogP contribution in [0.2, 0.25) is 0 Å². The maximum absolute atomic E-state index is 12.1. The maximum atomic E-state index is 12.1. The Hall–Kier alpha value is -2.22. The molecule has 0 saturated heterocycles. The summed E-state index contributed by atoms with van der Waals surface area (Å²) in [4.78, 5) is 24.3. The van der Waals surface area contributed by atoms with Crippen LogP contribution in [-0.4, -0.2) is 28.2 Å². The molecule has 4 rings (SSSR count). The second kappa shape index (κ2) is 8.65. The molecule has 7 heteroatoms. The van der Waals surface area contributed by atoms with E-state index < -0.39 is 0 Å². The Morgan fingerprint density at radius 2 is 2.00 bits per heavy atom. The predicted molar refractivity (Wildman–Crippen MR) is 115 cm³/mol. The van der Waals surface area contributed by atoms with Crippen LogP contribution in [0.1, 0.15) is 4.88 Å². The number of nitrogens with one attached hydrogen (secondary N) is 1. The highest BCUT2D eigenvalue weighted by atomic mass is 32.2. The Bertz CT molecular complexity index is 1030. The molecular weight excluding hydrogens is 394 g/mol. The molecule has 27 heavy (non-hydrogen) atoms. The van der Waals surface area contributed by atoms with Crippen LogP contribution >= 0.6 is 34.4 Å². The Morgan fingerprint density at radius 3 is 2.81 bits per heavy atom. The summed E-state index contributed by atoms with van der Waals surface area (Å²) in [6.45, 7) is 0.662. The van der Waals surface area contributed by atoms with E-state index in [4.69, 9.17) is 0 Å². The summed E-state index contributed by atoms with van der Waals surface area (Å²) < 4.78 is 0. The highest BCUT2D eigenvalue weighted by molar-refractivity contribution is 8.00. The zero-order valence-corrected chi connectivity index (χ0v) is 16.9. The summed E-state index contributed by atoms with van der Waals surface area (Å²) in [7, 11) is 0. The van der Waals surface area contributed by atoms with Crippen molar-refractivity contribution in [2.24, 2.45) is 0 Å². The van der Waals surface area contributed by atoms with Crippen molar-refractivity contribution in [3.8, 4) is 10.4 Å². The lowest BCUT2D eigenvalue weighted by Gasteiger charge is -2.04. The average molecular weight is 412 g/mol. The topological polar surface area (TPSA) is 54.9 Å². The molecule has 0 aliphatic carbocycles. The van der Waals surface area contributed by atoms with E-state index in [1.807, 2.05) is 24.3 Å². The van der Waals surface area contributed by atoms with Gasteiger partial charge in [0.05, 0.1) is 5.75 Å². The third-order valence-corrected chi connectivity index (χ3v) is 7.00. The number of carbonyl (C=O) groups is 1. The first kappa shape index (κ1) is 18.2. The minimum Gasteiger partial charge on any atom is -0.355 e. The smallest absolute Gasteiger partial charge is 0.230 e. The lowest BCUT2D eigenvalue weighted by molar-refractivity contribution is -0.118. The normalized spacial score (nSPS) is 11.0. The van der Waals surface area contributed by atoms with Gasteiger partial charge in [0, 0.05) is 21.7 Å². The van der Waals surface area contributed by atoms with Crippen molar-refractivity contribution in [2.45, 2.75) is 11.4 Å². The van der Waals surface area contributed by atoms with Crippen LogP contribution in [0.5, 0.6) is 0 Å². The summed E-state index contributed by atoms with van der Waals surface area (Å²) in [5, 5.41) is 6.90. The summed E-state index contributed by atoms with van der Waals surface area (Å²) in [6, 6.07) is 16.5.